The van der Waals surface area contributed by atoms with Crippen molar-refractivity contribution in [1.82, 2.24) is 0 Å². The molecule has 1 aromatic carbocycles. The van der Waals surface area contributed by atoms with Crippen LogP contribution in [0.3, 0.4) is 0 Å². The Bertz CT molecular complexity index is 390. The highest BCUT2D eigenvalue weighted by atomic mass is 16.5. The fraction of sp³-hybridized carbons (Fsp3) is 0.462. The Morgan fingerprint density at radius 3 is 2.71 bits per heavy atom. The fourth-order valence-corrected chi connectivity index (χ4v) is 1.51. The van der Waals surface area contributed by atoms with Gasteiger partial charge in [-0.15, -0.1) is 0 Å². The number of hydrogen-bond donors (Lipinski definition) is 1. The number of esters is 1. The van der Waals surface area contributed by atoms with E-state index in [2.05, 4.69) is 10.1 Å². The third-order valence-electron chi connectivity index (χ3n) is 2.56. The summed E-state index contributed by atoms with van der Waals surface area (Å²) < 4.78 is 9.91. The van der Waals surface area contributed by atoms with Crippen molar-refractivity contribution in [2.24, 2.45) is 5.92 Å². The number of hydrogen-bond acceptors (Lipinski definition) is 4. The average Bonchev–Trinajstić information content (AvgIpc) is 2.35. The Hall–Kier alpha value is -1.71. The molecule has 17 heavy (non-hydrogen) atoms. The second kappa shape index (κ2) is 6.13. The number of aryl methyl sites for hydroxylation is 1. The van der Waals surface area contributed by atoms with Gasteiger partial charge in [-0.2, -0.15) is 0 Å². The van der Waals surface area contributed by atoms with Gasteiger partial charge in [0.2, 0.25) is 0 Å². The summed E-state index contributed by atoms with van der Waals surface area (Å²) in [6.45, 7) is 4.35. The molecule has 0 radical (unpaired) electrons. The van der Waals surface area contributed by atoms with E-state index in [1.165, 1.54) is 7.11 Å². The molecule has 1 atom stereocenters. The zero-order valence-corrected chi connectivity index (χ0v) is 10.7. The van der Waals surface area contributed by atoms with Gasteiger partial charge in [-0.1, -0.05) is 13.0 Å². The molecule has 0 saturated heterocycles. The summed E-state index contributed by atoms with van der Waals surface area (Å²) in [5, 5.41) is 3.19. The summed E-state index contributed by atoms with van der Waals surface area (Å²) in [7, 11) is 3.02. The largest absolute Gasteiger partial charge is 0.495 e. The smallest absolute Gasteiger partial charge is 0.310 e. The molecular formula is C13H19NO3. The molecule has 94 valence electrons. The van der Waals surface area contributed by atoms with Gasteiger partial charge in [0.25, 0.3) is 0 Å². The Balaban J connectivity index is 2.68. The quantitative estimate of drug-likeness (QED) is 0.798. The number of benzene rings is 1. The van der Waals surface area contributed by atoms with E-state index in [0.29, 0.717) is 6.54 Å². The van der Waals surface area contributed by atoms with Gasteiger partial charge >= 0.3 is 5.97 Å². The summed E-state index contributed by atoms with van der Waals surface area (Å²) >= 11 is 0. The molecule has 0 aliphatic carbocycles. The van der Waals surface area contributed by atoms with Gasteiger partial charge in [-0.05, 0) is 24.6 Å². The number of anilines is 1. The van der Waals surface area contributed by atoms with E-state index < -0.39 is 0 Å². The molecule has 0 spiro atoms. The number of rotatable bonds is 5. The lowest BCUT2D eigenvalue weighted by Crippen LogP contribution is -2.21. The van der Waals surface area contributed by atoms with Crippen LogP contribution in [0.5, 0.6) is 5.75 Å². The molecule has 0 saturated carbocycles. The molecule has 0 aliphatic rings. The number of ether oxygens (including phenoxy) is 2. The molecule has 0 bridgehead atoms. The maximum Gasteiger partial charge on any atom is 0.310 e. The topological polar surface area (TPSA) is 47.6 Å². The molecule has 1 N–H and O–H groups in total. The van der Waals surface area contributed by atoms with Crippen LogP contribution < -0.4 is 10.1 Å². The first kappa shape index (κ1) is 13.4. The van der Waals surface area contributed by atoms with Crippen molar-refractivity contribution in [3.05, 3.63) is 23.8 Å². The summed E-state index contributed by atoms with van der Waals surface area (Å²) in [4.78, 5) is 11.3. The third-order valence-corrected chi connectivity index (χ3v) is 2.56. The maximum absolute atomic E-state index is 11.3. The summed E-state index contributed by atoms with van der Waals surface area (Å²) in [6.07, 6.45) is 0. The lowest BCUT2D eigenvalue weighted by Gasteiger charge is -2.14. The highest BCUT2D eigenvalue weighted by Gasteiger charge is 2.13. The van der Waals surface area contributed by atoms with Gasteiger partial charge in [-0.25, -0.2) is 0 Å². The van der Waals surface area contributed by atoms with E-state index >= 15 is 0 Å². The summed E-state index contributed by atoms with van der Waals surface area (Å²) in [5.41, 5.74) is 2.03. The van der Waals surface area contributed by atoms with E-state index in [4.69, 9.17) is 4.74 Å². The molecule has 0 aliphatic heterocycles. The molecule has 1 rings (SSSR count). The zero-order chi connectivity index (χ0) is 12.8. The molecule has 1 unspecified atom stereocenters. The Morgan fingerprint density at radius 2 is 2.12 bits per heavy atom. The van der Waals surface area contributed by atoms with Crippen molar-refractivity contribution in [3.8, 4) is 5.75 Å². The van der Waals surface area contributed by atoms with Crippen molar-refractivity contribution < 1.29 is 14.3 Å². The van der Waals surface area contributed by atoms with Crippen molar-refractivity contribution in [1.29, 1.82) is 0 Å². The van der Waals surface area contributed by atoms with Gasteiger partial charge in [0.1, 0.15) is 5.75 Å². The number of carbonyl (C=O) groups is 1. The first-order valence-electron chi connectivity index (χ1n) is 5.54. The molecule has 0 aromatic heterocycles. The first-order valence-corrected chi connectivity index (χ1v) is 5.54. The predicted octanol–water partition coefficient (Wildman–Crippen LogP) is 2.22. The molecule has 1 aromatic rings. The molecule has 0 heterocycles. The third kappa shape index (κ3) is 3.66. The van der Waals surface area contributed by atoms with Crippen LogP contribution in [0.15, 0.2) is 18.2 Å². The maximum atomic E-state index is 11.3. The van der Waals surface area contributed by atoms with Crippen molar-refractivity contribution >= 4 is 11.7 Å². The minimum atomic E-state index is -0.218. The number of carbonyl (C=O) groups excluding carboxylic acids is 1. The van der Waals surface area contributed by atoms with E-state index in [1.807, 2.05) is 32.0 Å². The summed E-state index contributed by atoms with van der Waals surface area (Å²) in [5.74, 6) is 0.363. The van der Waals surface area contributed by atoms with Crippen molar-refractivity contribution in [3.63, 3.8) is 0 Å². The van der Waals surface area contributed by atoms with Crippen LogP contribution >= 0.6 is 0 Å². The van der Waals surface area contributed by atoms with Crippen LogP contribution in [0, 0.1) is 12.8 Å². The number of methoxy groups -OCH3 is 2. The van der Waals surface area contributed by atoms with Crippen LogP contribution in [-0.2, 0) is 9.53 Å². The SMILES string of the molecule is COC(=O)C(C)CNc1cc(C)ccc1OC. The molecule has 0 amide bonds. The minimum Gasteiger partial charge on any atom is -0.495 e. The van der Waals surface area contributed by atoms with Gasteiger partial charge in [0.15, 0.2) is 0 Å². The second-order valence-corrected chi connectivity index (χ2v) is 4.01. The van der Waals surface area contributed by atoms with Gasteiger partial charge in [0, 0.05) is 6.54 Å². The standard InChI is InChI=1S/C13H19NO3/c1-9-5-6-12(16-3)11(7-9)14-8-10(2)13(15)17-4/h5-7,10,14H,8H2,1-4H3. The van der Waals surface area contributed by atoms with Crippen LogP contribution in [0.2, 0.25) is 0 Å². The number of nitrogens with one attached hydrogen (secondary N) is 1. The van der Waals surface area contributed by atoms with Crippen molar-refractivity contribution in [2.75, 3.05) is 26.1 Å². The minimum absolute atomic E-state index is 0.190. The zero-order valence-electron chi connectivity index (χ0n) is 10.7. The van der Waals surface area contributed by atoms with Crippen molar-refractivity contribution in [2.45, 2.75) is 13.8 Å². The lowest BCUT2D eigenvalue weighted by molar-refractivity contribution is -0.144. The van der Waals surface area contributed by atoms with E-state index in [-0.39, 0.29) is 11.9 Å². The van der Waals surface area contributed by atoms with E-state index in [9.17, 15) is 4.79 Å². The highest BCUT2D eigenvalue weighted by Crippen LogP contribution is 2.25. The van der Waals surface area contributed by atoms with E-state index in [0.717, 1.165) is 17.0 Å². The summed E-state index contributed by atoms with van der Waals surface area (Å²) in [6, 6.07) is 5.87. The fourth-order valence-electron chi connectivity index (χ4n) is 1.51. The predicted molar refractivity (Wildman–Crippen MR) is 67.4 cm³/mol. The molecular weight excluding hydrogens is 218 g/mol. The highest BCUT2D eigenvalue weighted by molar-refractivity contribution is 5.72. The Labute approximate surface area is 102 Å². The Morgan fingerprint density at radius 1 is 1.41 bits per heavy atom. The first-order chi connectivity index (χ1) is 8.08. The van der Waals surface area contributed by atoms with Gasteiger partial charge in [0.05, 0.1) is 25.8 Å². The Kier molecular flexibility index (Phi) is 4.82. The van der Waals surface area contributed by atoms with Crippen LogP contribution in [0.1, 0.15) is 12.5 Å². The van der Waals surface area contributed by atoms with Crippen LogP contribution in [-0.4, -0.2) is 26.7 Å². The van der Waals surface area contributed by atoms with E-state index in [1.54, 1.807) is 7.11 Å². The van der Waals surface area contributed by atoms with Gasteiger partial charge in [-0.3, -0.25) is 4.79 Å². The average molecular weight is 237 g/mol. The second-order valence-electron chi connectivity index (χ2n) is 4.01. The van der Waals surface area contributed by atoms with Crippen LogP contribution in [0.4, 0.5) is 5.69 Å². The molecule has 4 nitrogen and oxygen atoms in total. The van der Waals surface area contributed by atoms with Crippen LogP contribution in [0.25, 0.3) is 0 Å². The van der Waals surface area contributed by atoms with Gasteiger partial charge < -0.3 is 14.8 Å². The molecule has 0 fully saturated rings. The lowest BCUT2D eigenvalue weighted by atomic mass is 10.1. The normalized spacial score (nSPS) is 11.8. The molecule has 4 heteroatoms. The monoisotopic (exact) mass is 237 g/mol.